The molecule has 0 aliphatic heterocycles. The maximum absolute atomic E-state index is 10.2. The molecule has 4 N–H and O–H groups in total. The molecule has 0 aromatic heterocycles. The van der Waals surface area contributed by atoms with Crippen LogP contribution in [0, 0.1) is 0 Å². The molecule has 0 bridgehead atoms. The predicted octanol–water partition coefficient (Wildman–Crippen LogP) is -1.98. The van der Waals surface area contributed by atoms with Gasteiger partial charge in [0, 0.05) is 0 Å². The quantitative estimate of drug-likeness (QED) is 0.454. The largest absolute Gasteiger partial charge is 0.394 e. The number of aliphatic hydroxyl groups is 2. The van der Waals surface area contributed by atoms with Gasteiger partial charge in [0.1, 0.15) is 0 Å². The highest BCUT2D eigenvalue weighted by molar-refractivity contribution is 7.89. The van der Waals surface area contributed by atoms with Gasteiger partial charge in [-0.2, -0.15) is 0 Å². The summed E-state index contributed by atoms with van der Waals surface area (Å²) in [7, 11) is -3.50. The molecule has 0 amide bonds. The third-order valence-corrected chi connectivity index (χ3v) is 1.75. The molecular weight excluding hydrogens is 158 g/mol. The molecule has 0 aromatic carbocycles. The second-order valence-corrected chi connectivity index (χ2v) is 3.73. The number of primary sulfonamides is 1. The normalized spacial score (nSPS) is 15.1. The molecule has 0 saturated heterocycles. The van der Waals surface area contributed by atoms with E-state index in [2.05, 4.69) is 5.14 Å². The Morgan fingerprint density at radius 3 is 2.30 bits per heavy atom. The van der Waals surface area contributed by atoms with Crippen molar-refractivity contribution in [2.75, 3.05) is 12.4 Å². The lowest BCUT2D eigenvalue weighted by Gasteiger charge is -2.03. The van der Waals surface area contributed by atoms with Gasteiger partial charge >= 0.3 is 0 Å². The Kier molecular flexibility index (Phi) is 3.80. The van der Waals surface area contributed by atoms with Crippen LogP contribution in [-0.2, 0) is 10.0 Å². The van der Waals surface area contributed by atoms with Crippen molar-refractivity contribution in [3.05, 3.63) is 0 Å². The summed E-state index contributed by atoms with van der Waals surface area (Å²) in [6, 6.07) is 0. The molecule has 0 aliphatic carbocycles. The molecule has 0 aliphatic rings. The zero-order valence-corrected chi connectivity index (χ0v) is 6.21. The van der Waals surface area contributed by atoms with Crippen LogP contribution in [0.1, 0.15) is 6.42 Å². The Hall–Kier alpha value is -0.170. The second-order valence-electron chi connectivity index (χ2n) is 1.99. The number of sulfonamides is 1. The summed E-state index contributed by atoms with van der Waals surface area (Å²) in [6.07, 6.45) is -1.01. The smallest absolute Gasteiger partial charge is 0.209 e. The summed E-state index contributed by atoms with van der Waals surface area (Å²) in [4.78, 5) is 0. The molecular formula is C4H11NO4S. The fraction of sp³-hybridized carbons (Fsp3) is 1.00. The molecule has 0 heterocycles. The average Bonchev–Trinajstić information content (AvgIpc) is 1.81. The SMILES string of the molecule is NS(=O)(=O)CCC(O)CO. The van der Waals surface area contributed by atoms with Crippen molar-refractivity contribution in [2.45, 2.75) is 12.5 Å². The van der Waals surface area contributed by atoms with Crippen LogP contribution < -0.4 is 5.14 Å². The first-order chi connectivity index (χ1) is 4.45. The van der Waals surface area contributed by atoms with Gasteiger partial charge in [0.2, 0.25) is 10.0 Å². The van der Waals surface area contributed by atoms with Crippen molar-refractivity contribution in [2.24, 2.45) is 5.14 Å². The van der Waals surface area contributed by atoms with E-state index in [9.17, 15) is 8.42 Å². The van der Waals surface area contributed by atoms with Crippen molar-refractivity contribution < 1.29 is 18.6 Å². The van der Waals surface area contributed by atoms with E-state index in [4.69, 9.17) is 10.2 Å². The van der Waals surface area contributed by atoms with E-state index >= 15 is 0 Å². The van der Waals surface area contributed by atoms with Crippen molar-refractivity contribution in [1.82, 2.24) is 0 Å². The van der Waals surface area contributed by atoms with Crippen LogP contribution in [0.2, 0.25) is 0 Å². The van der Waals surface area contributed by atoms with Crippen LogP contribution in [0.15, 0.2) is 0 Å². The first-order valence-electron chi connectivity index (χ1n) is 2.75. The van der Waals surface area contributed by atoms with Crippen molar-refractivity contribution in [3.8, 4) is 0 Å². The van der Waals surface area contributed by atoms with Crippen molar-refractivity contribution in [3.63, 3.8) is 0 Å². The minimum absolute atomic E-state index is 0.0185. The standard InChI is InChI=1S/C4H11NO4S/c5-10(8,9)2-1-4(7)3-6/h4,6-7H,1-3H2,(H2,5,8,9). The third kappa shape index (κ3) is 5.96. The third-order valence-electron chi connectivity index (χ3n) is 0.946. The summed E-state index contributed by atoms with van der Waals surface area (Å²) in [5.74, 6) is -0.297. The number of aliphatic hydroxyl groups excluding tert-OH is 2. The lowest BCUT2D eigenvalue weighted by Crippen LogP contribution is -2.22. The zero-order valence-electron chi connectivity index (χ0n) is 5.40. The van der Waals surface area contributed by atoms with Crippen molar-refractivity contribution >= 4 is 10.0 Å². The molecule has 0 rings (SSSR count). The Morgan fingerprint density at radius 1 is 1.50 bits per heavy atom. The first-order valence-corrected chi connectivity index (χ1v) is 4.46. The van der Waals surface area contributed by atoms with Gasteiger partial charge < -0.3 is 10.2 Å². The summed E-state index contributed by atoms with van der Waals surface area (Å²) in [5.41, 5.74) is 0. The van der Waals surface area contributed by atoms with Gasteiger partial charge in [-0.05, 0) is 6.42 Å². The van der Waals surface area contributed by atoms with E-state index in [-0.39, 0.29) is 12.2 Å². The monoisotopic (exact) mass is 169 g/mol. The van der Waals surface area contributed by atoms with Crippen LogP contribution in [0.4, 0.5) is 0 Å². The topological polar surface area (TPSA) is 101 Å². The molecule has 0 saturated carbocycles. The molecule has 10 heavy (non-hydrogen) atoms. The van der Waals surface area contributed by atoms with E-state index < -0.39 is 22.7 Å². The van der Waals surface area contributed by atoms with Crippen LogP contribution in [0.5, 0.6) is 0 Å². The summed E-state index contributed by atoms with van der Waals surface area (Å²) < 4.78 is 20.5. The number of rotatable bonds is 4. The summed E-state index contributed by atoms with van der Waals surface area (Å²) in [6.45, 7) is -0.435. The van der Waals surface area contributed by atoms with E-state index in [1.54, 1.807) is 0 Å². The van der Waals surface area contributed by atoms with Crippen LogP contribution >= 0.6 is 0 Å². The predicted molar refractivity (Wildman–Crippen MR) is 35.7 cm³/mol. The summed E-state index contributed by atoms with van der Waals surface area (Å²) >= 11 is 0. The Bertz CT molecular complexity index is 176. The first kappa shape index (κ1) is 9.83. The van der Waals surface area contributed by atoms with Crippen LogP contribution in [-0.4, -0.2) is 37.1 Å². The Labute approximate surface area is 59.5 Å². The zero-order chi connectivity index (χ0) is 8.20. The van der Waals surface area contributed by atoms with Crippen LogP contribution in [0.25, 0.3) is 0 Å². The van der Waals surface area contributed by atoms with Gasteiger partial charge in [-0.1, -0.05) is 0 Å². The van der Waals surface area contributed by atoms with Gasteiger partial charge in [-0.15, -0.1) is 0 Å². The van der Waals surface area contributed by atoms with E-state index in [0.29, 0.717) is 0 Å². The molecule has 5 nitrogen and oxygen atoms in total. The van der Waals surface area contributed by atoms with E-state index in [0.717, 1.165) is 0 Å². The fourth-order valence-electron chi connectivity index (χ4n) is 0.392. The molecule has 1 atom stereocenters. The highest BCUT2D eigenvalue weighted by Gasteiger charge is 2.07. The number of hydrogen-bond acceptors (Lipinski definition) is 4. The van der Waals surface area contributed by atoms with Gasteiger partial charge in [0.05, 0.1) is 18.5 Å². The fourth-order valence-corrected chi connectivity index (χ4v) is 0.992. The van der Waals surface area contributed by atoms with E-state index in [1.807, 2.05) is 0 Å². The maximum atomic E-state index is 10.2. The molecule has 0 radical (unpaired) electrons. The molecule has 0 fully saturated rings. The summed E-state index contributed by atoms with van der Waals surface area (Å²) in [5, 5.41) is 21.5. The molecule has 62 valence electrons. The second kappa shape index (κ2) is 3.87. The van der Waals surface area contributed by atoms with Crippen LogP contribution in [0.3, 0.4) is 0 Å². The maximum Gasteiger partial charge on any atom is 0.209 e. The van der Waals surface area contributed by atoms with Gasteiger partial charge in [0.25, 0.3) is 0 Å². The van der Waals surface area contributed by atoms with Gasteiger partial charge in [-0.25, -0.2) is 13.6 Å². The highest BCUT2D eigenvalue weighted by atomic mass is 32.2. The Balaban J connectivity index is 3.56. The van der Waals surface area contributed by atoms with Gasteiger partial charge in [-0.3, -0.25) is 0 Å². The molecule has 0 aromatic rings. The average molecular weight is 169 g/mol. The number of hydrogen-bond donors (Lipinski definition) is 3. The Morgan fingerprint density at radius 2 is 2.00 bits per heavy atom. The minimum atomic E-state index is -3.50. The van der Waals surface area contributed by atoms with Gasteiger partial charge in [0.15, 0.2) is 0 Å². The molecule has 6 heteroatoms. The minimum Gasteiger partial charge on any atom is -0.394 e. The highest BCUT2D eigenvalue weighted by Crippen LogP contribution is 1.91. The molecule has 0 spiro atoms. The number of nitrogens with two attached hydrogens (primary N) is 1. The molecule has 1 unspecified atom stereocenters. The van der Waals surface area contributed by atoms with Crippen molar-refractivity contribution in [1.29, 1.82) is 0 Å². The lowest BCUT2D eigenvalue weighted by molar-refractivity contribution is 0.0928. The van der Waals surface area contributed by atoms with E-state index in [1.165, 1.54) is 0 Å². The lowest BCUT2D eigenvalue weighted by atomic mass is 10.3.